The van der Waals surface area contributed by atoms with Crippen molar-refractivity contribution in [1.29, 1.82) is 0 Å². The number of likely N-dealkylation sites (tertiary alicyclic amines) is 1. The van der Waals surface area contributed by atoms with Crippen LogP contribution in [0.3, 0.4) is 0 Å². The number of benzene rings is 1. The fraction of sp³-hybridized carbons (Fsp3) is 0.500. The molecule has 0 atom stereocenters. The molecule has 3 aromatic rings. The van der Waals surface area contributed by atoms with Crippen LogP contribution in [0.4, 0.5) is 4.79 Å². The number of ether oxygens (including phenoxy) is 1. The third-order valence-electron chi connectivity index (χ3n) is 5.16. The van der Waals surface area contributed by atoms with Crippen LogP contribution in [0.2, 0.25) is 0 Å². The van der Waals surface area contributed by atoms with Gasteiger partial charge in [0.2, 0.25) is 11.7 Å². The van der Waals surface area contributed by atoms with E-state index >= 15 is 0 Å². The van der Waals surface area contributed by atoms with Gasteiger partial charge in [-0.1, -0.05) is 17.3 Å². The normalized spacial score (nSPS) is 15.5. The highest BCUT2D eigenvalue weighted by molar-refractivity contribution is 5.83. The van der Waals surface area contributed by atoms with Gasteiger partial charge < -0.3 is 14.2 Å². The van der Waals surface area contributed by atoms with E-state index in [1.54, 1.807) is 4.90 Å². The lowest BCUT2D eigenvalue weighted by Crippen LogP contribution is -2.38. The van der Waals surface area contributed by atoms with E-state index < -0.39 is 0 Å². The smallest absolute Gasteiger partial charge is 0.409 e. The Labute approximate surface area is 163 Å². The Bertz CT molecular complexity index is 969. The summed E-state index contributed by atoms with van der Waals surface area (Å²) >= 11 is 0. The fourth-order valence-electron chi connectivity index (χ4n) is 3.63. The number of aromatic nitrogens is 4. The molecule has 3 heterocycles. The molecule has 0 radical (unpaired) electrons. The van der Waals surface area contributed by atoms with Crippen LogP contribution in [0.25, 0.3) is 22.3 Å². The summed E-state index contributed by atoms with van der Waals surface area (Å²) in [7, 11) is 0. The molecule has 1 aromatic carbocycles. The fourth-order valence-corrected chi connectivity index (χ4v) is 3.63. The van der Waals surface area contributed by atoms with Crippen LogP contribution in [-0.4, -0.2) is 50.6 Å². The van der Waals surface area contributed by atoms with Crippen molar-refractivity contribution in [3.05, 3.63) is 30.3 Å². The molecule has 4 rings (SSSR count). The molecule has 2 aromatic heterocycles. The Kier molecular flexibility index (Phi) is 5.02. The van der Waals surface area contributed by atoms with Gasteiger partial charge in [0.05, 0.1) is 18.3 Å². The molecule has 0 aliphatic carbocycles. The monoisotopic (exact) mass is 383 g/mol. The third-order valence-corrected chi connectivity index (χ3v) is 5.16. The molecular formula is C20H25N5O3. The van der Waals surface area contributed by atoms with Crippen molar-refractivity contribution in [3.8, 4) is 11.4 Å². The Morgan fingerprint density at radius 1 is 1.32 bits per heavy atom. The summed E-state index contributed by atoms with van der Waals surface area (Å²) in [6, 6.07) is 6.36. The van der Waals surface area contributed by atoms with Crippen LogP contribution in [0.15, 0.2) is 28.9 Å². The lowest BCUT2D eigenvalue weighted by Gasteiger charge is -2.29. The molecule has 1 fully saturated rings. The van der Waals surface area contributed by atoms with Gasteiger partial charge in [-0.15, -0.1) is 0 Å². The first-order valence-corrected chi connectivity index (χ1v) is 9.79. The maximum absolute atomic E-state index is 11.8. The first-order valence-electron chi connectivity index (χ1n) is 9.79. The number of fused-ring (bicyclic) bond motifs is 1. The largest absolute Gasteiger partial charge is 0.450 e. The summed E-state index contributed by atoms with van der Waals surface area (Å²) in [5, 5.41) is 9.73. The average molecular weight is 383 g/mol. The predicted octanol–water partition coefficient (Wildman–Crippen LogP) is 4.00. The maximum atomic E-state index is 11.8. The van der Waals surface area contributed by atoms with Crippen molar-refractivity contribution >= 4 is 17.0 Å². The third kappa shape index (κ3) is 3.46. The Morgan fingerprint density at radius 2 is 2.11 bits per heavy atom. The topological polar surface area (TPSA) is 86.3 Å². The quantitative estimate of drug-likeness (QED) is 0.677. The molecule has 1 aliphatic heterocycles. The Hall–Kier alpha value is -2.90. The van der Waals surface area contributed by atoms with Crippen LogP contribution >= 0.6 is 0 Å². The van der Waals surface area contributed by atoms with Gasteiger partial charge in [0.15, 0.2) is 0 Å². The summed E-state index contributed by atoms with van der Waals surface area (Å²) in [4.78, 5) is 18.2. The van der Waals surface area contributed by atoms with E-state index in [0.717, 1.165) is 29.3 Å². The van der Waals surface area contributed by atoms with Crippen molar-refractivity contribution in [2.75, 3.05) is 19.7 Å². The highest BCUT2D eigenvalue weighted by Gasteiger charge is 2.28. The van der Waals surface area contributed by atoms with Crippen molar-refractivity contribution in [2.24, 2.45) is 0 Å². The molecule has 0 saturated carbocycles. The van der Waals surface area contributed by atoms with Crippen molar-refractivity contribution in [3.63, 3.8) is 0 Å². The molecule has 148 valence electrons. The van der Waals surface area contributed by atoms with E-state index in [-0.39, 0.29) is 18.1 Å². The maximum Gasteiger partial charge on any atom is 0.409 e. The first-order chi connectivity index (χ1) is 13.6. The van der Waals surface area contributed by atoms with Crippen LogP contribution in [-0.2, 0) is 4.74 Å². The second-order valence-electron chi connectivity index (χ2n) is 7.37. The number of hydrogen-bond acceptors (Lipinski definition) is 6. The minimum absolute atomic E-state index is 0.164. The predicted molar refractivity (Wildman–Crippen MR) is 104 cm³/mol. The van der Waals surface area contributed by atoms with Gasteiger partial charge in [-0.3, -0.25) is 4.68 Å². The van der Waals surface area contributed by atoms with E-state index in [2.05, 4.69) is 35.2 Å². The Morgan fingerprint density at radius 3 is 2.82 bits per heavy atom. The number of piperidine rings is 1. The highest BCUT2D eigenvalue weighted by atomic mass is 16.6. The molecule has 0 N–H and O–H groups in total. The average Bonchev–Trinajstić information content (AvgIpc) is 3.35. The Balaban J connectivity index is 1.50. The number of carbonyl (C=O) groups is 1. The van der Waals surface area contributed by atoms with Gasteiger partial charge in [0, 0.05) is 36.0 Å². The molecule has 28 heavy (non-hydrogen) atoms. The number of amides is 1. The molecule has 0 spiro atoms. The van der Waals surface area contributed by atoms with E-state index in [9.17, 15) is 4.79 Å². The molecule has 1 amide bonds. The lowest BCUT2D eigenvalue weighted by molar-refractivity contribution is 0.0949. The molecule has 0 bridgehead atoms. The van der Waals surface area contributed by atoms with Gasteiger partial charge in [0.25, 0.3) is 0 Å². The number of carbonyl (C=O) groups excluding carboxylic acids is 1. The minimum Gasteiger partial charge on any atom is -0.450 e. The van der Waals surface area contributed by atoms with Gasteiger partial charge in [0.1, 0.15) is 0 Å². The summed E-state index contributed by atoms with van der Waals surface area (Å²) in [5.74, 6) is 1.38. The lowest BCUT2D eigenvalue weighted by atomic mass is 9.97. The molecule has 1 aliphatic rings. The van der Waals surface area contributed by atoms with E-state index in [1.807, 2.05) is 29.9 Å². The first kappa shape index (κ1) is 18.5. The molecule has 8 heteroatoms. The van der Waals surface area contributed by atoms with Crippen LogP contribution in [0.1, 0.15) is 51.5 Å². The van der Waals surface area contributed by atoms with Gasteiger partial charge in [-0.2, -0.15) is 10.1 Å². The SMILES string of the molecule is CCOC(=O)N1CCC(c2nc(-c3ccc4cnn(C(C)C)c4c3)no2)CC1. The van der Waals surface area contributed by atoms with Crippen molar-refractivity contribution in [1.82, 2.24) is 24.8 Å². The van der Waals surface area contributed by atoms with Gasteiger partial charge in [-0.25, -0.2) is 4.79 Å². The second kappa shape index (κ2) is 7.61. The number of nitrogens with zero attached hydrogens (tertiary/aromatic N) is 5. The van der Waals surface area contributed by atoms with Crippen molar-refractivity contribution in [2.45, 2.75) is 45.6 Å². The van der Waals surface area contributed by atoms with E-state index in [1.165, 1.54) is 0 Å². The second-order valence-corrected chi connectivity index (χ2v) is 7.37. The van der Waals surface area contributed by atoms with Crippen LogP contribution in [0, 0.1) is 0 Å². The number of hydrogen-bond donors (Lipinski definition) is 0. The van der Waals surface area contributed by atoms with Gasteiger partial charge in [-0.05, 0) is 39.7 Å². The standard InChI is InChI=1S/C20H25N5O3/c1-4-27-20(26)24-9-7-14(8-10-24)19-22-18(23-28-19)15-5-6-16-12-21-25(13(2)3)17(16)11-15/h5-6,11-14H,4,7-10H2,1-3H3. The zero-order chi connectivity index (χ0) is 19.7. The summed E-state index contributed by atoms with van der Waals surface area (Å²) in [5.41, 5.74) is 1.97. The molecule has 1 saturated heterocycles. The van der Waals surface area contributed by atoms with Crippen molar-refractivity contribution < 1.29 is 14.1 Å². The molecule has 0 unspecified atom stereocenters. The van der Waals surface area contributed by atoms with Crippen LogP contribution in [0.5, 0.6) is 0 Å². The number of rotatable bonds is 4. The van der Waals surface area contributed by atoms with E-state index in [0.29, 0.717) is 31.4 Å². The van der Waals surface area contributed by atoms with Gasteiger partial charge >= 0.3 is 6.09 Å². The summed E-state index contributed by atoms with van der Waals surface area (Å²) in [6.45, 7) is 7.70. The summed E-state index contributed by atoms with van der Waals surface area (Å²) < 4.78 is 12.6. The minimum atomic E-state index is -0.248. The highest BCUT2D eigenvalue weighted by Crippen LogP contribution is 2.30. The van der Waals surface area contributed by atoms with E-state index in [4.69, 9.17) is 9.26 Å². The zero-order valence-corrected chi connectivity index (χ0v) is 16.5. The molecular weight excluding hydrogens is 358 g/mol. The molecule has 8 nitrogen and oxygen atoms in total. The zero-order valence-electron chi connectivity index (χ0n) is 16.5. The summed E-state index contributed by atoms with van der Waals surface area (Å²) in [6.07, 6.45) is 3.21. The van der Waals surface area contributed by atoms with Crippen LogP contribution < -0.4 is 0 Å².